The monoisotopic (exact) mass is 422 g/mol. The Kier molecular flexibility index (Phi) is 6.43. The van der Waals surface area contributed by atoms with Crippen molar-refractivity contribution >= 4 is 33.2 Å². The zero-order chi connectivity index (χ0) is 20.9. The molecule has 0 spiro atoms. The Balaban J connectivity index is 1.23. The van der Waals surface area contributed by atoms with Crippen molar-refractivity contribution in [2.75, 3.05) is 20.2 Å². The average molecular weight is 423 g/mol. The fourth-order valence-electron chi connectivity index (χ4n) is 3.96. The molecule has 1 aliphatic heterocycles. The Morgan fingerprint density at radius 3 is 2.53 bits per heavy atom. The van der Waals surface area contributed by atoms with E-state index >= 15 is 0 Å². The molecule has 6 heteroatoms. The lowest BCUT2D eigenvalue weighted by molar-refractivity contribution is -0.132. The number of nitrogens with zero attached hydrogens (tertiary/aromatic N) is 2. The van der Waals surface area contributed by atoms with Gasteiger partial charge in [0, 0.05) is 31.0 Å². The van der Waals surface area contributed by atoms with E-state index in [9.17, 15) is 9.59 Å². The molecule has 0 radical (unpaired) electrons. The minimum atomic E-state index is -0.00908. The molecular weight excluding hydrogens is 396 g/mol. The van der Waals surface area contributed by atoms with E-state index in [4.69, 9.17) is 4.74 Å². The van der Waals surface area contributed by atoms with E-state index in [0.29, 0.717) is 19.5 Å². The van der Waals surface area contributed by atoms with Crippen molar-refractivity contribution in [1.29, 1.82) is 0 Å². The van der Waals surface area contributed by atoms with E-state index in [-0.39, 0.29) is 17.6 Å². The van der Waals surface area contributed by atoms with Gasteiger partial charge < -0.3 is 9.64 Å². The first-order chi connectivity index (χ1) is 14.6. The summed E-state index contributed by atoms with van der Waals surface area (Å²) in [4.78, 5) is 31.9. The number of amides is 1. The molecule has 0 saturated carbocycles. The normalized spacial score (nSPS) is 14.8. The summed E-state index contributed by atoms with van der Waals surface area (Å²) >= 11 is 1.71. The van der Waals surface area contributed by atoms with Gasteiger partial charge in [-0.2, -0.15) is 0 Å². The molecule has 3 aromatic rings. The predicted octanol–water partition coefficient (Wildman–Crippen LogP) is 4.75. The second-order valence-corrected chi connectivity index (χ2v) is 8.79. The highest BCUT2D eigenvalue weighted by atomic mass is 32.1. The molecule has 2 heterocycles. The minimum Gasteiger partial charge on any atom is -0.497 e. The summed E-state index contributed by atoms with van der Waals surface area (Å²) in [6, 6.07) is 15.4. The summed E-state index contributed by atoms with van der Waals surface area (Å²) in [5.41, 5.74) is 1.75. The largest absolute Gasteiger partial charge is 0.497 e. The van der Waals surface area contributed by atoms with Crippen LogP contribution >= 0.6 is 11.3 Å². The zero-order valence-electron chi connectivity index (χ0n) is 17.2. The van der Waals surface area contributed by atoms with Crippen molar-refractivity contribution in [3.05, 3.63) is 59.1 Å². The van der Waals surface area contributed by atoms with Crippen molar-refractivity contribution in [3.63, 3.8) is 0 Å². The number of carbonyl (C=O) groups is 2. The van der Waals surface area contributed by atoms with E-state index in [0.717, 1.165) is 47.5 Å². The lowest BCUT2D eigenvalue weighted by Gasteiger charge is -2.31. The highest BCUT2D eigenvalue weighted by Crippen LogP contribution is 2.25. The summed E-state index contributed by atoms with van der Waals surface area (Å²) < 4.78 is 6.35. The number of rotatable bonds is 7. The van der Waals surface area contributed by atoms with Crippen LogP contribution in [0, 0.1) is 5.92 Å². The number of para-hydroxylation sites is 1. The molecule has 156 valence electrons. The lowest BCUT2D eigenvalue weighted by Crippen LogP contribution is -2.40. The Bertz CT molecular complexity index is 987. The van der Waals surface area contributed by atoms with Crippen molar-refractivity contribution in [2.45, 2.75) is 32.1 Å². The fourth-order valence-corrected chi connectivity index (χ4v) is 4.97. The molecule has 1 saturated heterocycles. The van der Waals surface area contributed by atoms with Crippen LogP contribution in [-0.2, 0) is 11.2 Å². The molecule has 1 aliphatic rings. The van der Waals surface area contributed by atoms with Crippen LogP contribution < -0.4 is 4.74 Å². The molecule has 0 unspecified atom stereocenters. The van der Waals surface area contributed by atoms with Crippen LogP contribution in [0.2, 0.25) is 0 Å². The maximum absolute atomic E-state index is 12.7. The number of hydrogen-bond donors (Lipinski definition) is 0. The van der Waals surface area contributed by atoms with Crippen LogP contribution in [0.1, 0.15) is 41.0 Å². The fraction of sp³-hybridized carbons (Fsp3) is 0.375. The van der Waals surface area contributed by atoms with E-state index < -0.39 is 0 Å². The Morgan fingerprint density at radius 1 is 1.10 bits per heavy atom. The zero-order valence-corrected chi connectivity index (χ0v) is 18.0. The first kappa shape index (κ1) is 20.5. The van der Waals surface area contributed by atoms with Gasteiger partial charge in [-0.15, -0.1) is 11.3 Å². The third-order valence-corrected chi connectivity index (χ3v) is 6.81. The number of hydrogen-bond acceptors (Lipinski definition) is 5. The number of methoxy groups -OCH3 is 1. The predicted molar refractivity (Wildman–Crippen MR) is 119 cm³/mol. The summed E-state index contributed by atoms with van der Waals surface area (Å²) in [6.45, 7) is 1.32. The van der Waals surface area contributed by atoms with Gasteiger partial charge in [0.05, 0.1) is 22.3 Å². The van der Waals surface area contributed by atoms with Gasteiger partial charge in [-0.1, -0.05) is 12.1 Å². The highest BCUT2D eigenvalue weighted by molar-refractivity contribution is 7.18. The number of benzene rings is 2. The number of thiazole rings is 1. The number of ketones is 1. The van der Waals surface area contributed by atoms with Crippen LogP contribution in [0.3, 0.4) is 0 Å². The van der Waals surface area contributed by atoms with Crippen LogP contribution in [0.4, 0.5) is 0 Å². The molecule has 2 aromatic carbocycles. The minimum absolute atomic E-state index is 0.00908. The first-order valence-corrected chi connectivity index (χ1v) is 11.3. The van der Waals surface area contributed by atoms with E-state index in [1.165, 1.54) is 4.70 Å². The second kappa shape index (κ2) is 9.39. The number of piperidine rings is 1. The molecule has 0 N–H and O–H groups in total. The molecule has 1 aromatic heterocycles. The van der Waals surface area contributed by atoms with Gasteiger partial charge in [0.1, 0.15) is 5.75 Å². The smallest absolute Gasteiger partial charge is 0.222 e. The molecular formula is C24H26N2O3S. The number of aromatic nitrogens is 1. The number of fused-ring (bicyclic) bond motifs is 1. The van der Waals surface area contributed by atoms with Crippen LogP contribution in [0.5, 0.6) is 5.75 Å². The molecule has 0 atom stereocenters. The molecule has 30 heavy (non-hydrogen) atoms. The van der Waals surface area contributed by atoms with Gasteiger partial charge in [0.25, 0.3) is 0 Å². The standard InChI is InChI=1S/C24H26N2O3S/c1-29-19-11-9-17(10-12-19)24(28)18-13-15-26(16-14-18)23(27)8-4-7-22-25-20-5-2-3-6-21(20)30-22/h2-3,5-6,9-12,18H,4,7-8,13-16H2,1H3. The molecule has 0 aliphatic carbocycles. The summed E-state index contributed by atoms with van der Waals surface area (Å²) in [7, 11) is 1.61. The topological polar surface area (TPSA) is 59.5 Å². The molecule has 1 amide bonds. The van der Waals surface area contributed by atoms with Crippen molar-refractivity contribution < 1.29 is 14.3 Å². The average Bonchev–Trinajstić information content (AvgIpc) is 3.21. The number of carbonyl (C=O) groups excluding carboxylic acids is 2. The van der Waals surface area contributed by atoms with Gasteiger partial charge >= 0.3 is 0 Å². The first-order valence-electron chi connectivity index (χ1n) is 10.4. The van der Waals surface area contributed by atoms with Gasteiger partial charge in [-0.05, 0) is 62.1 Å². The maximum atomic E-state index is 12.7. The number of likely N-dealkylation sites (tertiary alicyclic amines) is 1. The van der Waals surface area contributed by atoms with Crippen LogP contribution in [-0.4, -0.2) is 41.8 Å². The SMILES string of the molecule is COc1ccc(C(=O)C2CCN(C(=O)CCCc3nc4ccccc4s3)CC2)cc1. The van der Waals surface area contributed by atoms with Gasteiger partial charge in [0.2, 0.25) is 5.91 Å². The number of Topliss-reactive ketones (excluding diaryl/α,β-unsaturated/α-hetero) is 1. The number of aryl methyl sites for hydroxylation is 1. The quantitative estimate of drug-likeness (QED) is 0.516. The van der Waals surface area contributed by atoms with E-state index in [1.807, 2.05) is 47.4 Å². The molecule has 0 bridgehead atoms. The maximum Gasteiger partial charge on any atom is 0.222 e. The molecule has 5 nitrogen and oxygen atoms in total. The molecule has 1 fully saturated rings. The summed E-state index contributed by atoms with van der Waals surface area (Å²) in [5, 5.41) is 1.09. The lowest BCUT2D eigenvalue weighted by atomic mass is 9.88. The summed E-state index contributed by atoms with van der Waals surface area (Å²) in [5.74, 6) is 1.09. The van der Waals surface area contributed by atoms with Crippen molar-refractivity contribution in [1.82, 2.24) is 9.88 Å². The van der Waals surface area contributed by atoms with Gasteiger partial charge in [-0.25, -0.2) is 4.98 Å². The number of ether oxygens (including phenoxy) is 1. The van der Waals surface area contributed by atoms with Crippen LogP contribution in [0.15, 0.2) is 48.5 Å². The Morgan fingerprint density at radius 2 is 1.83 bits per heavy atom. The second-order valence-electron chi connectivity index (χ2n) is 7.68. The highest BCUT2D eigenvalue weighted by Gasteiger charge is 2.27. The Hall–Kier alpha value is -2.73. The third kappa shape index (κ3) is 4.70. The van der Waals surface area contributed by atoms with Gasteiger partial charge in [0.15, 0.2) is 5.78 Å². The van der Waals surface area contributed by atoms with Crippen molar-refractivity contribution in [2.24, 2.45) is 5.92 Å². The van der Waals surface area contributed by atoms with E-state index in [2.05, 4.69) is 11.1 Å². The molecule has 4 rings (SSSR count). The Labute approximate surface area is 180 Å². The third-order valence-electron chi connectivity index (χ3n) is 5.71. The van der Waals surface area contributed by atoms with Gasteiger partial charge in [-0.3, -0.25) is 9.59 Å². The van der Waals surface area contributed by atoms with Crippen LogP contribution in [0.25, 0.3) is 10.2 Å². The summed E-state index contributed by atoms with van der Waals surface area (Å²) in [6.07, 6.45) is 3.64. The van der Waals surface area contributed by atoms with E-state index in [1.54, 1.807) is 18.4 Å². The van der Waals surface area contributed by atoms with Crippen molar-refractivity contribution in [3.8, 4) is 5.75 Å².